The third-order valence-electron chi connectivity index (χ3n) is 4.72. The van der Waals surface area contributed by atoms with Gasteiger partial charge in [-0.3, -0.25) is 9.89 Å². The molecule has 1 heterocycles. The van der Waals surface area contributed by atoms with Crippen LogP contribution in [0.2, 0.25) is 0 Å². The van der Waals surface area contributed by atoms with Crippen LogP contribution >= 0.6 is 0 Å². The maximum Gasteiger partial charge on any atom is 0.191 e. The topological polar surface area (TPSA) is 59.9 Å². The van der Waals surface area contributed by atoms with E-state index < -0.39 is 0 Å². The van der Waals surface area contributed by atoms with Crippen molar-refractivity contribution in [1.29, 1.82) is 0 Å². The summed E-state index contributed by atoms with van der Waals surface area (Å²) in [6.07, 6.45) is 7.17. The van der Waals surface area contributed by atoms with E-state index in [0.29, 0.717) is 12.0 Å². The van der Waals surface area contributed by atoms with E-state index in [1.165, 1.54) is 25.8 Å². The van der Waals surface area contributed by atoms with Crippen molar-refractivity contribution < 1.29 is 5.11 Å². The van der Waals surface area contributed by atoms with Gasteiger partial charge in [0.15, 0.2) is 5.96 Å². The zero-order valence-corrected chi connectivity index (χ0v) is 15.5. The van der Waals surface area contributed by atoms with Gasteiger partial charge in [-0.15, -0.1) is 0 Å². The van der Waals surface area contributed by atoms with Gasteiger partial charge in [0.2, 0.25) is 0 Å². The SMILES string of the molecule is CCCC(CCO)CN=C(NCC)NCCN1CCCCC1C. The van der Waals surface area contributed by atoms with E-state index in [-0.39, 0.29) is 6.61 Å². The van der Waals surface area contributed by atoms with Crippen molar-refractivity contribution in [2.45, 2.75) is 65.3 Å². The second-order valence-corrected chi connectivity index (χ2v) is 6.69. The number of nitrogens with zero attached hydrogens (tertiary/aromatic N) is 2. The van der Waals surface area contributed by atoms with Crippen LogP contribution in [0.15, 0.2) is 4.99 Å². The fourth-order valence-electron chi connectivity index (χ4n) is 3.29. The lowest BCUT2D eigenvalue weighted by atomic mass is 10.0. The lowest BCUT2D eigenvalue weighted by Gasteiger charge is -2.33. The molecule has 2 atom stereocenters. The molecule has 0 bridgehead atoms. The van der Waals surface area contributed by atoms with Gasteiger partial charge in [0.25, 0.3) is 0 Å². The molecule has 1 rings (SSSR count). The zero-order valence-electron chi connectivity index (χ0n) is 15.5. The average molecular weight is 327 g/mol. The molecule has 136 valence electrons. The first kappa shape index (κ1) is 20.2. The summed E-state index contributed by atoms with van der Waals surface area (Å²) < 4.78 is 0. The van der Waals surface area contributed by atoms with Crippen molar-refractivity contribution in [3.05, 3.63) is 0 Å². The van der Waals surface area contributed by atoms with Crippen molar-refractivity contribution in [1.82, 2.24) is 15.5 Å². The van der Waals surface area contributed by atoms with Gasteiger partial charge in [0, 0.05) is 38.8 Å². The Morgan fingerprint density at radius 3 is 2.74 bits per heavy atom. The number of rotatable bonds is 10. The van der Waals surface area contributed by atoms with Gasteiger partial charge in [-0.25, -0.2) is 0 Å². The molecule has 0 aromatic heterocycles. The van der Waals surface area contributed by atoms with E-state index in [0.717, 1.165) is 51.4 Å². The molecular formula is C18H38N4O. The quantitative estimate of drug-likeness (QED) is 0.425. The number of nitrogens with one attached hydrogen (secondary N) is 2. The van der Waals surface area contributed by atoms with Crippen LogP contribution in [-0.2, 0) is 0 Å². The highest BCUT2D eigenvalue weighted by Crippen LogP contribution is 2.15. The van der Waals surface area contributed by atoms with Gasteiger partial charge in [-0.05, 0) is 52.0 Å². The molecule has 5 heteroatoms. The second-order valence-electron chi connectivity index (χ2n) is 6.69. The van der Waals surface area contributed by atoms with Crippen LogP contribution in [0.3, 0.4) is 0 Å². The van der Waals surface area contributed by atoms with Gasteiger partial charge in [0.05, 0.1) is 0 Å². The zero-order chi connectivity index (χ0) is 16.9. The molecule has 1 aliphatic heterocycles. The summed E-state index contributed by atoms with van der Waals surface area (Å²) in [5, 5.41) is 15.9. The molecular weight excluding hydrogens is 288 g/mol. The molecule has 0 saturated carbocycles. The Morgan fingerprint density at radius 1 is 1.26 bits per heavy atom. The molecule has 0 amide bonds. The molecule has 0 radical (unpaired) electrons. The van der Waals surface area contributed by atoms with Crippen molar-refractivity contribution in [2.24, 2.45) is 10.9 Å². The minimum absolute atomic E-state index is 0.261. The van der Waals surface area contributed by atoms with Gasteiger partial charge in [0.1, 0.15) is 0 Å². The average Bonchev–Trinajstić information content (AvgIpc) is 2.54. The molecule has 0 aromatic rings. The summed E-state index contributed by atoms with van der Waals surface area (Å²) in [6.45, 7) is 11.8. The third-order valence-corrected chi connectivity index (χ3v) is 4.72. The Hall–Kier alpha value is -0.810. The van der Waals surface area contributed by atoms with Crippen LogP contribution in [0, 0.1) is 5.92 Å². The van der Waals surface area contributed by atoms with Crippen LogP contribution in [0.5, 0.6) is 0 Å². The van der Waals surface area contributed by atoms with E-state index >= 15 is 0 Å². The van der Waals surface area contributed by atoms with Crippen LogP contribution in [0.1, 0.15) is 59.3 Å². The number of hydrogen-bond acceptors (Lipinski definition) is 3. The standard InChI is InChI=1S/C18H38N4O/c1-4-8-17(10-14-23)15-21-18(19-5-2)20-11-13-22-12-7-6-9-16(22)3/h16-17,23H,4-15H2,1-3H3,(H2,19,20,21). The first-order chi connectivity index (χ1) is 11.2. The Morgan fingerprint density at radius 2 is 2.09 bits per heavy atom. The predicted octanol–water partition coefficient (Wildman–Crippen LogP) is 2.21. The first-order valence-electron chi connectivity index (χ1n) is 9.58. The lowest BCUT2D eigenvalue weighted by molar-refractivity contribution is 0.163. The fourth-order valence-corrected chi connectivity index (χ4v) is 3.29. The molecule has 0 spiro atoms. The van der Waals surface area contributed by atoms with Crippen molar-refractivity contribution in [3.8, 4) is 0 Å². The summed E-state index contributed by atoms with van der Waals surface area (Å²) in [6, 6.07) is 0.712. The molecule has 1 saturated heterocycles. The highest BCUT2D eigenvalue weighted by Gasteiger charge is 2.17. The third kappa shape index (κ3) is 8.56. The number of aliphatic hydroxyl groups is 1. The van der Waals surface area contributed by atoms with Crippen molar-refractivity contribution in [3.63, 3.8) is 0 Å². The Balaban J connectivity index is 2.38. The van der Waals surface area contributed by atoms with Crippen molar-refractivity contribution in [2.75, 3.05) is 39.3 Å². The van der Waals surface area contributed by atoms with Gasteiger partial charge in [-0.2, -0.15) is 0 Å². The molecule has 23 heavy (non-hydrogen) atoms. The molecule has 0 aromatic carbocycles. The van der Waals surface area contributed by atoms with Gasteiger partial charge >= 0.3 is 0 Å². The van der Waals surface area contributed by atoms with E-state index in [9.17, 15) is 0 Å². The van der Waals surface area contributed by atoms with E-state index in [2.05, 4.69) is 36.3 Å². The second kappa shape index (κ2) is 12.6. The summed E-state index contributed by atoms with van der Waals surface area (Å²) in [5.41, 5.74) is 0. The number of aliphatic hydroxyl groups excluding tert-OH is 1. The number of likely N-dealkylation sites (tertiary alicyclic amines) is 1. The summed E-state index contributed by atoms with van der Waals surface area (Å²) in [7, 11) is 0. The van der Waals surface area contributed by atoms with E-state index in [1.807, 2.05) is 0 Å². The first-order valence-corrected chi connectivity index (χ1v) is 9.58. The maximum absolute atomic E-state index is 9.16. The predicted molar refractivity (Wildman–Crippen MR) is 99.0 cm³/mol. The van der Waals surface area contributed by atoms with Gasteiger partial charge in [-0.1, -0.05) is 19.8 Å². The molecule has 5 nitrogen and oxygen atoms in total. The monoisotopic (exact) mass is 326 g/mol. The normalized spacial score (nSPS) is 21.2. The lowest BCUT2D eigenvalue weighted by Crippen LogP contribution is -2.45. The molecule has 1 aliphatic rings. The minimum atomic E-state index is 0.261. The molecule has 0 aliphatic carbocycles. The van der Waals surface area contributed by atoms with Crippen LogP contribution in [0.25, 0.3) is 0 Å². The summed E-state index contributed by atoms with van der Waals surface area (Å²) in [5.74, 6) is 1.40. The van der Waals surface area contributed by atoms with E-state index in [1.54, 1.807) is 0 Å². The minimum Gasteiger partial charge on any atom is -0.396 e. The molecule has 3 N–H and O–H groups in total. The Kier molecular flexibility index (Phi) is 11.1. The fraction of sp³-hybridized carbons (Fsp3) is 0.944. The van der Waals surface area contributed by atoms with E-state index in [4.69, 9.17) is 10.1 Å². The Bertz CT molecular complexity index is 316. The summed E-state index contributed by atoms with van der Waals surface area (Å²) >= 11 is 0. The molecule has 1 fully saturated rings. The Labute approximate surface area is 142 Å². The number of guanidine groups is 1. The van der Waals surface area contributed by atoms with Crippen LogP contribution in [-0.4, -0.2) is 61.3 Å². The number of hydrogen-bond donors (Lipinski definition) is 3. The smallest absolute Gasteiger partial charge is 0.191 e. The number of aliphatic imine (C=N–C) groups is 1. The van der Waals surface area contributed by atoms with Crippen molar-refractivity contribution >= 4 is 5.96 Å². The highest BCUT2D eigenvalue weighted by atomic mass is 16.3. The van der Waals surface area contributed by atoms with Gasteiger partial charge < -0.3 is 15.7 Å². The largest absolute Gasteiger partial charge is 0.396 e. The van der Waals surface area contributed by atoms with Crippen LogP contribution < -0.4 is 10.6 Å². The molecule has 2 unspecified atom stereocenters. The summed E-state index contributed by atoms with van der Waals surface area (Å²) in [4.78, 5) is 7.29. The highest BCUT2D eigenvalue weighted by molar-refractivity contribution is 5.79. The number of piperidine rings is 1. The maximum atomic E-state index is 9.16. The van der Waals surface area contributed by atoms with Crippen LogP contribution in [0.4, 0.5) is 0 Å².